The lowest BCUT2D eigenvalue weighted by Crippen LogP contribution is -2.29. The van der Waals surface area contributed by atoms with E-state index in [0.717, 1.165) is 18.8 Å². The predicted molar refractivity (Wildman–Crippen MR) is 132 cm³/mol. The van der Waals surface area contributed by atoms with Crippen LogP contribution >= 0.6 is 0 Å². The Morgan fingerprint density at radius 1 is 1.06 bits per heavy atom. The number of ether oxygens (including phenoxy) is 1. The van der Waals surface area contributed by atoms with E-state index < -0.39 is 10.0 Å². The fraction of sp³-hybridized carbons (Fsp3) is 0.280. The molecule has 0 radical (unpaired) electrons. The second kappa shape index (κ2) is 9.08. The van der Waals surface area contributed by atoms with Crippen molar-refractivity contribution in [3.63, 3.8) is 0 Å². The molecule has 176 valence electrons. The number of rotatable bonds is 6. The van der Waals surface area contributed by atoms with E-state index in [1.54, 1.807) is 24.4 Å². The van der Waals surface area contributed by atoms with Gasteiger partial charge < -0.3 is 15.0 Å². The second-order valence-electron chi connectivity index (χ2n) is 8.59. The van der Waals surface area contributed by atoms with Gasteiger partial charge in [0.15, 0.2) is 5.65 Å². The number of nitrogens with one attached hydrogen (secondary N) is 1. The highest BCUT2D eigenvalue weighted by molar-refractivity contribution is 7.90. The molecule has 2 aromatic heterocycles. The maximum atomic E-state index is 13.3. The van der Waals surface area contributed by atoms with Gasteiger partial charge in [0.1, 0.15) is 5.75 Å². The molecular weight excluding hydrogens is 450 g/mol. The molecule has 1 fully saturated rings. The third-order valence-electron chi connectivity index (χ3n) is 6.35. The van der Waals surface area contributed by atoms with E-state index in [1.807, 2.05) is 12.1 Å². The summed E-state index contributed by atoms with van der Waals surface area (Å²) in [6.07, 6.45) is 5.45. The lowest BCUT2D eigenvalue weighted by atomic mass is 9.89. The summed E-state index contributed by atoms with van der Waals surface area (Å²) >= 11 is 0. The Kier molecular flexibility index (Phi) is 5.97. The lowest BCUT2D eigenvalue weighted by Gasteiger charge is -2.29. The van der Waals surface area contributed by atoms with Crippen molar-refractivity contribution < 1.29 is 13.2 Å². The Hall–Kier alpha value is -3.43. The molecule has 0 spiro atoms. The zero-order valence-corrected chi connectivity index (χ0v) is 20.0. The van der Waals surface area contributed by atoms with Crippen LogP contribution < -0.4 is 10.1 Å². The summed E-state index contributed by atoms with van der Waals surface area (Å²) in [5, 5.41) is 3.84. The number of hydrogen-bond donors (Lipinski definition) is 1. The van der Waals surface area contributed by atoms with Gasteiger partial charge in [-0.3, -0.25) is 0 Å². The highest BCUT2D eigenvalue weighted by atomic mass is 32.2. The Balaban J connectivity index is 1.40. The minimum Gasteiger partial charge on any atom is -0.497 e. The highest BCUT2D eigenvalue weighted by Gasteiger charge is 2.21. The van der Waals surface area contributed by atoms with E-state index >= 15 is 0 Å². The number of anilines is 2. The van der Waals surface area contributed by atoms with E-state index in [1.165, 1.54) is 47.8 Å². The molecule has 1 aliphatic rings. The summed E-state index contributed by atoms with van der Waals surface area (Å²) in [4.78, 5) is 11.4. The van der Waals surface area contributed by atoms with E-state index in [-0.39, 0.29) is 4.90 Å². The zero-order chi connectivity index (χ0) is 23.7. The summed E-state index contributed by atoms with van der Waals surface area (Å²) < 4.78 is 32.9. The van der Waals surface area contributed by atoms with Gasteiger partial charge in [-0.05, 0) is 74.8 Å². The molecule has 1 aliphatic heterocycles. The molecule has 0 atom stereocenters. The first-order valence-corrected chi connectivity index (χ1v) is 12.7. The Morgan fingerprint density at radius 2 is 1.82 bits per heavy atom. The van der Waals surface area contributed by atoms with Crippen LogP contribution in [0.4, 0.5) is 11.6 Å². The standard InChI is InChI=1S/C25H27N5O3S/c1-29-13-10-19(11-14-29)18-6-8-21(9-7-18)27-25-26-17-20-12-15-30(24(20)28-25)34(31,32)23-5-3-4-22(16-23)33-2/h3-9,12,15-17,19H,10-11,13-14H2,1-2H3,(H,26,27,28). The molecule has 0 aliphatic carbocycles. The number of piperidine rings is 1. The predicted octanol–water partition coefficient (Wildman–Crippen LogP) is 4.23. The molecule has 34 heavy (non-hydrogen) atoms. The van der Waals surface area contributed by atoms with Gasteiger partial charge in [-0.2, -0.15) is 4.98 Å². The van der Waals surface area contributed by atoms with Gasteiger partial charge in [0.2, 0.25) is 5.95 Å². The topological polar surface area (TPSA) is 89.3 Å². The number of hydrogen-bond acceptors (Lipinski definition) is 7. The first-order valence-electron chi connectivity index (χ1n) is 11.2. The third-order valence-corrected chi connectivity index (χ3v) is 8.01. The Morgan fingerprint density at radius 3 is 2.56 bits per heavy atom. The van der Waals surface area contributed by atoms with Crippen molar-refractivity contribution in [3.05, 3.63) is 72.6 Å². The van der Waals surface area contributed by atoms with E-state index in [9.17, 15) is 8.42 Å². The van der Waals surface area contributed by atoms with Crippen molar-refractivity contribution in [2.45, 2.75) is 23.7 Å². The van der Waals surface area contributed by atoms with Crippen molar-refractivity contribution >= 4 is 32.7 Å². The van der Waals surface area contributed by atoms with Crippen LogP contribution in [-0.2, 0) is 10.0 Å². The van der Waals surface area contributed by atoms with Gasteiger partial charge >= 0.3 is 0 Å². The smallest absolute Gasteiger partial charge is 0.269 e. The lowest BCUT2D eigenvalue weighted by molar-refractivity contribution is 0.255. The molecule has 1 N–H and O–H groups in total. The number of methoxy groups -OCH3 is 1. The molecule has 0 saturated carbocycles. The molecule has 2 aromatic carbocycles. The Labute approximate surface area is 199 Å². The van der Waals surface area contributed by atoms with E-state index in [4.69, 9.17) is 4.74 Å². The van der Waals surface area contributed by atoms with Crippen LogP contribution in [0.3, 0.4) is 0 Å². The highest BCUT2D eigenvalue weighted by Crippen LogP contribution is 2.29. The molecular formula is C25H27N5O3S. The monoisotopic (exact) mass is 477 g/mol. The van der Waals surface area contributed by atoms with Crippen molar-refractivity contribution in [1.29, 1.82) is 0 Å². The van der Waals surface area contributed by atoms with Gasteiger partial charge in [-0.1, -0.05) is 18.2 Å². The van der Waals surface area contributed by atoms with Crippen LogP contribution in [0, 0.1) is 0 Å². The summed E-state index contributed by atoms with van der Waals surface area (Å²) in [7, 11) is -0.184. The van der Waals surface area contributed by atoms with Gasteiger partial charge in [-0.15, -0.1) is 0 Å². The average molecular weight is 478 g/mol. The van der Waals surface area contributed by atoms with Crippen LogP contribution in [0.5, 0.6) is 5.75 Å². The number of aromatic nitrogens is 3. The SMILES string of the molecule is COc1cccc(S(=O)(=O)n2ccc3cnc(Nc4ccc(C5CCN(C)CC5)cc4)nc32)c1. The van der Waals surface area contributed by atoms with Crippen LogP contribution in [-0.4, -0.2) is 54.5 Å². The molecule has 5 rings (SSSR count). The average Bonchev–Trinajstić information content (AvgIpc) is 3.29. The van der Waals surface area contributed by atoms with Gasteiger partial charge in [-0.25, -0.2) is 17.4 Å². The van der Waals surface area contributed by atoms with Crippen LogP contribution in [0.25, 0.3) is 11.0 Å². The Bertz CT molecular complexity index is 1410. The number of fused-ring (bicyclic) bond motifs is 1. The van der Waals surface area contributed by atoms with Crippen molar-refractivity contribution in [2.75, 3.05) is 32.6 Å². The third kappa shape index (κ3) is 4.36. The van der Waals surface area contributed by atoms with Gasteiger partial charge in [0.05, 0.1) is 12.0 Å². The van der Waals surface area contributed by atoms with Gasteiger partial charge in [0, 0.05) is 29.5 Å². The maximum absolute atomic E-state index is 13.3. The zero-order valence-electron chi connectivity index (χ0n) is 19.2. The quantitative estimate of drug-likeness (QED) is 0.444. The minimum absolute atomic E-state index is 0.127. The maximum Gasteiger partial charge on any atom is 0.269 e. The molecule has 1 saturated heterocycles. The fourth-order valence-corrected chi connectivity index (χ4v) is 5.67. The summed E-state index contributed by atoms with van der Waals surface area (Å²) in [5.41, 5.74) is 2.50. The molecule has 0 unspecified atom stereocenters. The molecule has 8 nitrogen and oxygen atoms in total. The van der Waals surface area contributed by atoms with E-state index in [0.29, 0.717) is 28.6 Å². The number of likely N-dealkylation sites (tertiary alicyclic amines) is 1. The van der Waals surface area contributed by atoms with Crippen molar-refractivity contribution in [1.82, 2.24) is 18.8 Å². The second-order valence-corrected chi connectivity index (χ2v) is 10.4. The molecule has 4 aromatic rings. The van der Waals surface area contributed by atoms with Crippen LogP contribution in [0.2, 0.25) is 0 Å². The molecule has 0 bridgehead atoms. The largest absolute Gasteiger partial charge is 0.497 e. The minimum atomic E-state index is -3.85. The summed E-state index contributed by atoms with van der Waals surface area (Å²) in [6.45, 7) is 2.24. The number of benzene rings is 2. The molecule has 3 heterocycles. The molecule has 9 heteroatoms. The normalized spacial score (nSPS) is 15.5. The first kappa shape index (κ1) is 22.4. The first-order chi connectivity index (χ1) is 16.4. The molecule has 0 amide bonds. The van der Waals surface area contributed by atoms with E-state index in [2.05, 4.69) is 39.4 Å². The number of nitrogens with zero attached hydrogens (tertiary/aromatic N) is 4. The van der Waals surface area contributed by atoms with Crippen molar-refractivity contribution in [3.8, 4) is 5.75 Å². The fourth-order valence-electron chi connectivity index (χ4n) is 4.33. The van der Waals surface area contributed by atoms with Crippen LogP contribution in [0.15, 0.2) is 71.9 Å². The van der Waals surface area contributed by atoms with Crippen LogP contribution in [0.1, 0.15) is 24.3 Å². The van der Waals surface area contributed by atoms with Crippen molar-refractivity contribution in [2.24, 2.45) is 0 Å². The summed E-state index contributed by atoms with van der Waals surface area (Å²) in [5.74, 6) is 1.39. The van der Waals surface area contributed by atoms with Gasteiger partial charge in [0.25, 0.3) is 10.0 Å². The summed E-state index contributed by atoms with van der Waals surface area (Å²) in [6, 6.07) is 16.4.